The highest BCUT2D eigenvalue weighted by atomic mass is 16.2. The van der Waals surface area contributed by atoms with Gasteiger partial charge in [0.2, 0.25) is 5.91 Å². The number of aldehydes is 1. The van der Waals surface area contributed by atoms with Gasteiger partial charge in [-0.2, -0.15) is 0 Å². The van der Waals surface area contributed by atoms with E-state index < -0.39 is 0 Å². The summed E-state index contributed by atoms with van der Waals surface area (Å²) in [6, 6.07) is 12.1. The molecule has 1 heterocycles. The maximum absolute atomic E-state index is 12.0. The van der Waals surface area contributed by atoms with E-state index in [-0.39, 0.29) is 17.7 Å². The Morgan fingerprint density at radius 1 is 1.14 bits per heavy atom. The van der Waals surface area contributed by atoms with E-state index in [9.17, 15) is 9.59 Å². The third-order valence-corrected chi connectivity index (χ3v) is 5.44. The molecule has 2 aromatic carbocycles. The van der Waals surface area contributed by atoms with Crippen LogP contribution < -0.4 is 5.32 Å². The molecule has 1 aliphatic rings. The Hall–Kier alpha value is -3.01. The molecule has 4 nitrogen and oxygen atoms in total. The van der Waals surface area contributed by atoms with Gasteiger partial charge < -0.3 is 5.32 Å². The van der Waals surface area contributed by atoms with Crippen LogP contribution in [-0.4, -0.2) is 17.2 Å². The number of anilines is 1. The van der Waals surface area contributed by atoms with Crippen molar-refractivity contribution in [3.8, 4) is 11.1 Å². The Morgan fingerprint density at radius 3 is 2.61 bits per heavy atom. The molecule has 4 heteroatoms. The van der Waals surface area contributed by atoms with Crippen molar-refractivity contribution in [3.63, 3.8) is 0 Å². The van der Waals surface area contributed by atoms with Gasteiger partial charge in [-0.05, 0) is 65.5 Å². The first-order valence-electron chi connectivity index (χ1n) is 9.77. The first-order valence-corrected chi connectivity index (χ1v) is 9.77. The van der Waals surface area contributed by atoms with Crippen molar-refractivity contribution in [2.45, 2.75) is 39.5 Å². The third kappa shape index (κ3) is 3.42. The van der Waals surface area contributed by atoms with E-state index in [1.807, 2.05) is 31.2 Å². The molecule has 0 atom stereocenters. The second kappa shape index (κ2) is 7.19. The smallest absolute Gasteiger partial charge is 0.228 e. The zero-order valence-electron chi connectivity index (χ0n) is 16.5. The number of carbonyl (C=O) groups excluding carboxylic acids is 2. The number of nitrogens with one attached hydrogen (secondary N) is 1. The molecule has 28 heavy (non-hydrogen) atoms. The van der Waals surface area contributed by atoms with E-state index in [1.165, 1.54) is 0 Å². The summed E-state index contributed by atoms with van der Waals surface area (Å²) in [6.45, 7) is 6.23. The van der Waals surface area contributed by atoms with Gasteiger partial charge in [-0.25, -0.2) is 4.98 Å². The summed E-state index contributed by atoms with van der Waals surface area (Å²) in [5.74, 6) is 1.07. The van der Waals surface area contributed by atoms with Crippen LogP contribution in [0.1, 0.15) is 54.1 Å². The number of pyridine rings is 1. The van der Waals surface area contributed by atoms with E-state index >= 15 is 0 Å². The van der Waals surface area contributed by atoms with Gasteiger partial charge in [0, 0.05) is 23.1 Å². The molecule has 1 N–H and O–H groups in total. The molecule has 0 unspecified atom stereocenters. The lowest BCUT2D eigenvalue weighted by Crippen LogP contribution is -2.14. The minimum absolute atomic E-state index is 0.0558. The van der Waals surface area contributed by atoms with Crippen molar-refractivity contribution in [1.29, 1.82) is 0 Å². The lowest BCUT2D eigenvalue weighted by molar-refractivity contribution is -0.117. The van der Waals surface area contributed by atoms with Crippen molar-refractivity contribution in [2.24, 2.45) is 5.92 Å². The summed E-state index contributed by atoms with van der Waals surface area (Å²) in [4.78, 5) is 28.3. The van der Waals surface area contributed by atoms with Crippen LogP contribution in [0.25, 0.3) is 21.9 Å². The Morgan fingerprint density at radius 2 is 1.93 bits per heavy atom. The number of fused-ring (bicyclic) bond motifs is 1. The number of benzene rings is 2. The quantitative estimate of drug-likeness (QED) is 0.602. The molecule has 0 spiro atoms. The Bertz CT molecular complexity index is 1080. The molecule has 142 valence electrons. The molecule has 4 rings (SSSR count). The Kier molecular flexibility index (Phi) is 4.71. The highest BCUT2D eigenvalue weighted by Gasteiger charge is 2.29. The minimum Gasteiger partial charge on any atom is -0.310 e. The molecule has 0 aliphatic heterocycles. The molecule has 3 aromatic rings. The average molecular weight is 372 g/mol. The molecule has 1 aromatic heterocycles. The molecule has 0 radical (unpaired) electrons. The van der Waals surface area contributed by atoms with Gasteiger partial charge in [0.1, 0.15) is 5.82 Å². The lowest BCUT2D eigenvalue weighted by Gasteiger charge is -2.16. The number of carbonyl (C=O) groups is 2. The zero-order valence-corrected chi connectivity index (χ0v) is 16.5. The fraction of sp³-hybridized carbons (Fsp3) is 0.292. The van der Waals surface area contributed by atoms with Gasteiger partial charge in [0.05, 0.1) is 0 Å². The number of hydrogen-bond acceptors (Lipinski definition) is 3. The van der Waals surface area contributed by atoms with Gasteiger partial charge in [-0.15, -0.1) is 0 Å². The second-order valence-electron chi connectivity index (χ2n) is 7.93. The summed E-state index contributed by atoms with van der Waals surface area (Å²) < 4.78 is 0. The van der Waals surface area contributed by atoms with Crippen LogP contribution in [0.2, 0.25) is 0 Å². The molecule has 1 saturated carbocycles. The monoisotopic (exact) mass is 372 g/mol. The Balaban J connectivity index is 1.75. The van der Waals surface area contributed by atoms with Crippen LogP contribution in [0, 0.1) is 12.8 Å². The van der Waals surface area contributed by atoms with Crippen molar-refractivity contribution in [2.75, 3.05) is 5.32 Å². The van der Waals surface area contributed by atoms with Crippen LogP contribution >= 0.6 is 0 Å². The number of amides is 1. The van der Waals surface area contributed by atoms with Crippen molar-refractivity contribution >= 4 is 28.8 Å². The summed E-state index contributed by atoms with van der Waals surface area (Å²) >= 11 is 0. The van der Waals surface area contributed by atoms with Crippen LogP contribution in [-0.2, 0) is 4.79 Å². The fourth-order valence-electron chi connectivity index (χ4n) is 3.70. The van der Waals surface area contributed by atoms with Gasteiger partial charge in [0.25, 0.3) is 0 Å². The van der Waals surface area contributed by atoms with E-state index in [4.69, 9.17) is 0 Å². The highest BCUT2D eigenvalue weighted by molar-refractivity contribution is 5.97. The third-order valence-electron chi connectivity index (χ3n) is 5.44. The Labute approximate surface area is 165 Å². The fourth-order valence-corrected chi connectivity index (χ4v) is 3.70. The summed E-state index contributed by atoms with van der Waals surface area (Å²) in [7, 11) is 0. The number of rotatable bonds is 5. The second-order valence-corrected chi connectivity index (χ2v) is 7.93. The first kappa shape index (κ1) is 18.4. The van der Waals surface area contributed by atoms with Crippen molar-refractivity contribution < 1.29 is 9.59 Å². The maximum Gasteiger partial charge on any atom is 0.228 e. The largest absolute Gasteiger partial charge is 0.310 e. The normalized spacial score (nSPS) is 13.7. The molecule has 1 fully saturated rings. The van der Waals surface area contributed by atoms with Crippen LogP contribution in [0.3, 0.4) is 0 Å². The van der Waals surface area contributed by atoms with Crippen molar-refractivity contribution in [1.82, 2.24) is 4.98 Å². The topological polar surface area (TPSA) is 59.1 Å². The predicted molar refractivity (Wildman–Crippen MR) is 113 cm³/mol. The number of aromatic nitrogens is 1. The summed E-state index contributed by atoms with van der Waals surface area (Å²) in [6.07, 6.45) is 4.69. The molecular formula is C24H24N2O2. The summed E-state index contributed by atoms with van der Waals surface area (Å²) in [5, 5.41) is 4.88. The van der Waals surface area contributed by atoms with Gasteiger partial charge in [-0.1, -0.05) is 38.1 Å². The molecular weight excluding hydrogens is 348 g/mol. The van der Waals surface area contributed by atoms with E-state index in [2.05, 4.69) is 36.3 Å². The van der Waals surface area contributed by atoms with E-state index in [0.717, 1.165) is 57.7 Å². The van der Waals surface area contributed by atoms with Gasteiger partial charge >= 0.3 is 0 Å². The van der Waals surface area contributed by atoms with Crippen LogP contribution in [0.5, 0.6) is 0 Å². The first-order chi connectivity index (χ1) is 13.5. The average Bonchev–Trinajstić information content (AvgIpc) is 3.52. The van der Waals surface area contributed by atoms with Crippen molar-refractivity contribution in [3.05, 3.63) is 59.3 Å². The maximum atomic E-state index is 12.0. The SMILES string of the molecule is Cc1ccc(C(C)C)c(C=O)c1-c1ccc2cc(NC(=O)C3CC3)ncc2c1. The lowest BCUT2D eigenvalue weighted by atomic mass is 9.87. The summed E-state index contributed by atoms with van der Waals surface area (Å²) in [5.41, 5.74) is 4.88. The molecule has 0 bridgehead atoms. The number of aryl methyl sites for hydroxylation is 1. The predicted octanol–water partition coefficient (Wildman–Crippen LogP) is 5.49. The standard InChI is InChI=1S/C24H24N2O2/c1-14(2)20-9-4-15(3)23(21(20)13-27)18-8-7-17-11-22(25-12-19(17)10-18)26-24(28)16-5-6-16/h4,7-14,16H,5-6H2,1-3H3,(H,25,26,28). The molecule has 0 saturated heterocycles. The highest BCUT2D eigenvalue weighted by Crippen LogP contribution is 2.34. The van der Waals surface area contributed by atoms with E-state index in [1.54, 1.807) is 6.20 Å². The van der Waals surface area contributed by atoms with Crippen LogP contribution in [0.4, 0.5) is 5.82 Å². The van der Waals surface area contributed by atoms with Gasteiger partial charge in [0.15, 0.2) is 6.29 Å². The molecule has 1 aliphatic carbocycles. The molecule has 1 amide bonds. The zero-order chi connectivity index (χ0) is 19.8. The number of hydrogen-bond donors (Lipinski definition) is 1. The van der Waals surface area contributed by atoms with E-state index in [0.29, 0.717) is 5.82 Å². The minimum atomic E-state index is 0.0558. The van der Waals surface area contributed by atoms with Crippen LogP contribution in [0.15, 0.2) is 42.6 Å². The van der Waals surface area contributed by atoms with Gasteiger partial charge in [-0.3, -0.25) is 9.59 Å². The number of nitrogens with zero attached hydrogens (tertiary/aromatic N) is 1.